The number of phenols is 1. The number of benzene rings is 6. The molecule has 0 aromatic heterocycles. The van der Waals surface area contributed by atoms with Crippen molar-refractivity contribution in [1.82, 2.24) is 0 Å². The van der Waals surface area contributed by atoms with E-state index in [4.69, 9.17) is 9.73 Å². The van der Waals surface area contributed by atoms with E-state index in [2.05, 4.69) is 132 Å². The minimum absolute atomic E-state index is 0.0909. The summed E-state index contributed by atoms with van der Waals surface area (Å²) >= 11 is 0. The van der Waals surface area contributed by atoms with Gasteiger partial charge in [0.15, 0.2) is 0 Å². The molecule has 6 aromatic rings. The Balaban J connectivity index is 1.62. The number of aliphatic imine (C=N–C) groups is 1. The number of hydrogen-bond donors (Lipinski definition) is 2. The third kappa shape index (κ3) is 5.95. The van der Waals surface area contributed by atoms with Crippen molar-refractivity contribution in [1.29, 1.82) is 0 Å². The van der Waals surface area contributed by atoms with E-state index in [-0.39, 0.29) is 16.6 Å². The predicted molar refractivity (Wildman–Crippen MR) is 196 cm³/mol. The molecule has 0 aliphatic rings. The Kier molecular flexibility index (Phi) is 8.08. The molecule has 0 radical (unpaired) electrons. The minimum Gasteiger partial charge on any atom is -0.507 e. The first-order valence-electron chi connectivity index (χ1n) is 15.8. The Bertz CT molecular complexity index is 2090. The molecule has 0 atom stereocenters. The van der Waals surface area contributed by atoms with Crippen LogP contribution in [0.5, 0.6) is 11.5 Å². The topological polar surface area (TPSA) is 53.8 Å². The molecule has 6 aromatic carbocycles. The first kappa shape index (κ1) is 30.9. The molecule has 0 aliphatic carbocycles. The van der Waals surface area contributed by atoms with E-state index in [1.807, 2.05) is 30.5 Å². The normalized spacial score (nSPS) is 12.2. The Morgan fingerprint density at radius 2 is 1.26 bits per heavy atom. The summed E-state index contributed by atoms with van der Waals surface area (Å²) in [5, 5.41) is 19.7. The third-order valence-electron chi connectivity index (χ3n) is 8.62. The number of para-hydroxylation sites is 2. The number of rotatable bonds is 6. The third-order valence-corrected chi connectivity index (χ3v) is 8.62. The van der Waals surface area contributed by atoms with Gasteiger partial charge >= 0.3 is 0 Å². The van der Waals surface area contributed by atoms with Crippen molar-refractivity contribution >= 4 is 44.8 Å². The number of anilines is 2. The summed E-state index contributed by atoms with van der Waals surface area (Å²) in [7, 11) is 1.69. The van der Waals surface area contributed by atoms with E-state index in [1.54, 1.807) is 7.11 Å². The Labute approximate surface area is 272 Å². The van der Waals surface area contributed by atoms with Crippen LogP contribution in [0.4, 0.5) is 17.1 Å². The van der Waals surface area contributed by atoms with Gasteiger partial charge in [0.1, 0.15) is 11.5 Å². The van der Waals surface area contributed by atoms with E-state index in [1.165, 1.54) is 0 Å². The van der Waals surface area contributed by atoms with Crippen LogP contribution in [0.2, 0.25) is 0 Å². The van der Waals surface area contributed by atoms with Crippen molar-refractivity contribution < 1.29 is 9.84 Å². The van der Waals surface area contributed by atoms with Crippen molar-refractivity contribution in [3.63, 3.8) is 0 Å². The lowest BCUT2D eigenvalue weighted by Crippen LogP contribution is -2.17. The van der Waals surface area contributed by atoms with Gasteiger partial charge in [-0.05, 0) is 68.3 Å². The van der Waals surface area contributed by atoms with Crippen LogP contribution in [0, 0.1) is 0 Å². The van der Waals surface area contributed by atoms with Gasteiger partial charge in [-0.1, -0.05) is 120 Å². The fraction of sp³-hybridized carbons (Fsp3) is 0.214. The van der Waals surface area contributed by atoms with Gasteiger partial charge in [0.05, 0.1) is 18.5 Å². The van der Waals surface area contributed by atoms with Crippen molar-refractivity contribution in [3.8, 4) is 22.6 Å². The maximum atomic E-state index is 11.5. The minimum atomic E-state index is -0.232. The molecule has 232 valence electrons. The van der Waals surface area contributed by atoms with Gasteiger partial charge in [0, 0.05) is 34.2 Å². The van der Waals surface area contributed by atoms with E-state index in [0.717, 1.165) is 66.6 Å². The van der Waals surface area contributed by atoms with E-state index in [0.29, 0.717) is 5.56 Å². The van der Waals surface area contributed by atoms with Crippen LogP contribution in [-0.2, 0) is 10.8 Å². The first-order chi connectivity index (χ1) is 22.0. The molecule has 2 N–H and O–H groups in total. The molecule has 0 spiro atoms. The van der Waals surface area contributed by atoms with Gasteiger partial charge in [-0.3, -0.25) is 4.99 Å². The standard InChI is InChI=1S/C42H42N2O2/c1-41(2,3)30-24-29(40(45)33(25-30)42(4,5)6)26-43-35-22-20-27-14-8-10-16-31(27)38(35)39-32-17-11-9-15-28(32)21-23-36(39)44-34-18-12-13-19-37(34)46-7/h8-26,44-45H,1-7H3. The zero-order chi connectivity index (χ0) is 32.6. The van der Waals surface area contributed by atoms with Gasteiger partial charge in [-0.15, -0.1) is 0 Å². The van der Waals surface area contributed by atoms with Crippen molar-refractivity contribution in [2.24, 2.45) is 4.99 Å². The second-order valence-corrected chi connectivity index (χ2v) is 13.9. The summed E-state index contributed by atoms with van der Waals surface area (Å²) in [5.41, 5.74) is 7.18. The van der Waals surface area contributed by atoms with Gasteiger partial charge in [0.2, 0.25) is 0 Å². The molecule has 6 rings (SSSR count). The Morgan fingerprint density at radius 1 is 0.652 bits per heavy atom. The number of aromatic hydroxyl groups is 1. The maximum absolute atomic E-state index is 11.5. The van der Waals surface area contributed by atoms with Crippen LogP contribution >= 0.6 is 0 Å². The lowest BCUT2D eigenvalue weighted by molar-refractivity contribution is 0.417. The quantitative estimate of drug-likeness (QED) is 0.185. The maximum Gasteiger partial charge on any atom is 0.142 e. The van der Waals surface area contributed by atoms with Crippen molar-refractivity contribution in [2.75, 3.05) is 12.4 Å². The lowest BCUT2D eigenvalue weighted by Gasteiger charge is -2.27. The molecule has 0 saturated carbocycles. The number of fused-ring (bicyclic) bond motifs is 2. The summed E-state index contributed by atoms with van der Waals surface area (Å²) in [4.78, 5) is 5.16. The number of methoxy groups -OCH3 is 1. The molecule has 0 saturated heterocycles. The molecular formula is C42H42N2O2. The largest absolute Gasteiger partial charge is 0.507 e. The smallest absolute Gasteiger partial charge is 0.142 e. The zero-order valence-corrected chi connectivity index (χ0v) is 27.8. The molecular weight excluding hydrogens is 564 g/mol. The number of nitrogens with zero attached hydrogens (tertiary/aromatic N) is 1. The summed E-state index contributed by atoms with van der Waals surface area (Å²) in [5.74, 6) is 1.04. The monoisotopic (exact) mass is 606 g/mol. The first-order valence-corrected chi connectivity index (χ1v) is 15.8. The second kappa shape index (κ2) is 12.0. The highest BCUT2D eigenvalue weighted by molar-refractivity contribution is 6.14. The average molecular weight is 607 g/mol. The average Bonchev–Trinajstić information content (AvgIpc) is 3.03. The van der Waals surface area contributed by atoms with Crippen LogP contribution in [0.25, 0.3) is 32.7 Å². The number of hydrogen-bond acceptors (Lipinski definition) is 4. The zero-order valence-electron chi connectivity index (χ0n) is 27.8. The van der Waals surface area contributed by atoms with Gasteiger partial charge in [0.25, 0.3) is 0 Å². The molecule has 0 heterocycles. The lowest BCUT2D eigenvalue weighted by atomic mass is 9.79. The summed E-state index contributed by atoms with van der Waals surface area (Å²) in [6.45, 7) is 13.0. The molecule has 0 aliphatic heterocycles. The van der Waals surface area contributed by atoms with Gasteiger partial charge in [-0.25, -0.2) is 0 Å². The van der Waals surface area contributed by atoms with Crippen LogP contribution in [-0.4, -0.2) is 18.4 Å². The highest BCUT2D eigenvalue weighted by atomic mass is 16.5. The molecule has 4 heteroatoms. The predicted octanol–water partition coefficient (Wildman–Crippen LogP) is 11.5. The Hall–Kier alpha value is -5.09. The summed E-state index contributed by atoms with van der Waals surface area (Å²) in [6.07, 6.45) is 1.83. The summed E-state index contributed by atoms with van der Waals surface area (Å²) < 4.78 is 5.70. The SMILES string of the molecule is COc1ccccc1Nc1ccc2ccccc2c1-c1c(N=Cc2cc(C(C)(C)C)cc(C(C)(C)C)c2O)ccc2ccccc12. The Morgan fingerprint density at radius 3 is 1.91 bits per heavy atom. The molecule has 46 heavy (non-hydrogen) atoms. The van der Waals surface area contributed by atoms with Gasteiger partial charge < -0.3 is 15.2 Å². The fourth-order valence-corrected chi connectivity index (χ4v) is 6.07. The molecule has 0 unspecified atom stereocenters. The highest BCUT2D eigenvalue weighted by Gasteiger charge is 2.25. The van der Waals surface area contributed by atoms with Crippen LogP contribution < -0.4 is 10.1 Å². The second-order valence-electron chi connectivity index (χ2n) is 13.9. The van der Waals surface area contributed by atoms with E-state index < -0.39 is 0 Å². The van der Waals surface area contributed by atoms with Gasteiger partial charge in [-0.2, -0.15) is 0 Å². The van der Waals surface area contributed by atoms with E-state index >= 15 is 0 Å². The van der Waals surface area contributed by atoms with E-state index in [9.17, 15) is 5.11 Å². The molecule has 0 fully saturated rings. The van der Waals surface area contributed by atoms with Crippen LogP contribution in [0.15, 0.2) is 114 Å². The van der Waals surface area contributed by atoms with Crippen molar-refractivity contribution in [2.45, 2.75) is 52.4 Å². The van der Waals surface area contributed by atoms with Crippen molar-refractivity contribution in [3.05, 3.63) is 126 Å². The number of nitrogens with one attached hydrogen (secondary N) is 1. The van der Waals surface area contributed by atoms with Crippen LogP contribution in [0.1, 0.15) is 58.2 Å². The highest BCUT2D eigenvalue weighted by Crippen LogP contribution is 2.46. The number of phenolic OH excluding ortho intramolecular Hbond substituents is 1. The molecule has 4 nitrogen and oxygen atoms in total. The fourth-order valence-electron chi connectivity index (χ4n) is 6.07. The molecule has 0 bridgehead atoms. The van der Waals surface area contributed by atoms with Crippen LogP contribution in [0.3, 0.4) is 0 Å². The summed E-state index contributed by atoms with van der Waals surface area (Å²) in [6, 6.07) is 37.5. The number of ether oxygens (including phenoxy) is 1. The molecule has 0 amide bonds.